The highest BCUT2D eigenvalue weighted by atomic mass is 15.2. The Kier molecular flexibility index (Phi) is 6.38. The first-order valence-electron chi connectivity index (χ1n) is 15.8. The van der Waals surface area contributed by atoms with Gasteiger partial charge in [-0.15, -0.1) is 0 Å². The highest BCUT2D eigenvalue weighted by Gasteiger charge is 2.37. The van der Waals surface area contributed by atoms with Gasteiger partial charge in [0, 0.05) is 11.1 Å². The molecule has 46 heavy (non-hydrogen) atoms. The number of benzene rings is 6. The summed E-state index contributed by atoms with van der Waals surface area (Å²) in [5, 5.41) is 20.0. The highest BCUT2D eigenvalue weighted by molar-refractivity contribution is 5.96. The third kappa shape index (κ3) is 4.10. The molecule has 0 unspecified atom stereocenters. The Hall–Kier alpha value is -5.90. The van der Waals surface area contributed by atoms with Crippen LogP contribution in [-0.2, 0) is 18.3 Å². The molecule has 3 nitrogen and oxygen atoms in total. The van der Waals surface area contributed by atoms with Crippen molar-refractivity contribution in [3.63, 3.8) is 0 Å². The second-order valence-electron chi connectivity index (χ2n) is 12.7. The third-order valence-electron chi connectivity index (χ3n) is 9.88. The van der Waals surface area contributed by atoms with Crippen molar-refractivity contribution in [2.24, 2.45) is 0 Å². The monoisotopic (exact) mass is 589 g/mol. The zero-order valence-corrected chi connectivity index (χ0v) is 25.9. The normalized spacial score (nSPS) is 13.8. The second-order valence-corrected chi connectivity index (χ2v) is 12.7. The number of para-hydroxylation sites is 2. The molecule has 8 rings (SSSR count). The largest absolute Gasteiger partial charge is 0.310 e. The Morgan fingerprint density at radius 2 is 0.957 bits per heavy atom. The van der Waals surface area contributed by atoms with Gasteiger partial charge in [-0.1, -0.05) is 111 Å². The number of hydrogen-bond acceptors (Lipinski definition) is 3. The van der Waals surface area contributed by atoms with E-state index >= 15 is 0 Å². The van der Waals surface area contributed by atoms with Crippen molar-refractivity contribution in [3.8, 4) is 45.5 Å². The molecule has 0 amide bonds. The Balaban J connectivity index is 1.45. The first kappa shape index (κ1) is 27.6. The summed E-state index contributed by atoms with van der Waals surface area (Å²) in [7, 11) is 0. The van der Waals surface area contributed by atoms with E-state index in [9.17, 15) is 10.5 Å². The fourth-order valence-corrected chi connectivity index (χ4v) is 7.68. The molecule has 0 N–H and O–H groups in total. The van der Waals surface area contributed by atoms with Crippen molar-refractivity contribution < 1.29 is 0 Å². The molecule has 0 fully saturated rings. The minimum atomic E-state index is -0.149. The molecular weight excluding hydrogens is 558 g/mol. The van der Waals surface area contributed by atoms with E-state index in [-0.39, 0.29) is 5.41 Å². The molecule has 6 aromatic rings. The smallest absolute Gasteiger partial charge is 0.101 e. The van der Waals surface area contributed by atoms with E-state index in [0.717, 1.165) is 46.3 Å². The quantitative estimate of drug-likeness (QED) is 0.192. The lowest BCUT2D eigenvalue weighted by Gasteiger charge is -2.42. The molecule has 1 heterocycles. The highest BCUT2D eigenvalue weighted by Crippen LogP contribution is 2.53. The van der Waals surface area contributed by atoms with Crippen LogP contribution in [0.3, 0.4) is 0 Å². The topological polar surface area (TPSA) is 50.8 Å². The molecule has 1 aliphatic carbocycles. The summed E-state index contributed by atoms with van der Waals surface area (Å²) >= 11 is 0. The standard InChI is InChI=1S/C43H31N3/c1-43(2)38-17-7-9-19-41(38)46(42-20-10-8-18-39(42)43)40-21-11-16-34-32-13-4-3-12-31(32)33-14-5-6-15-35(33)37-25-30(27-45)29(26-44)24-28(37)22-23-36(34)40/h3-21,24-25H,22-23H2,1-2H3. The number of anilines is 3. The van der Waals surface area contributed by atoms with E-state index in [1.807, 2.05) is 12.1 Å². The van der Waals surface area contributed by atoms with Gasteiger partial charge in [-0.2, -0.15) is 10.5 Å². The van der Waals surface area contributed by atoms with Crippen LogP contribution in [0, 0.1) is 22.7 Å². The zero-order valence-electron chi connectivity index (χ0n) is 25.9. The molecule has 0 aromatic heterocycles. The fourth-order valence-electron chi connectivity index (χ4n) is 7.68. The van der Waals surface area contributed by atoms with Crippen LogP contribution in [0.2, 0.25) is 0 Å². The lowest BCUT2D eigenvalue weighted by molar-refractivity contribution is 0.631. The van der Waals surface area contributed by atoms with E-state index in [0.29, 0.717) is 11.1 Å². The third-order valence-corrected chi connectivity index (χ3v) is 9.88. The van der Waals surface area contributed by atoms with Gasteiger partial charge in [-0.3, -0.25) is 0 Å². The van der Waals surface area contributed by atoms with Gasteiger partial charge in [0.25, 0.3) is 0 Å². The first-order valence-corrected chi connectivity index (χ1v) is 15.8. The van der Waals surface area contributed by atoms with Gasteiger partial charge in [0.15, 0.2) is 0 Å². The summed E-state index contributed by atoms with van der Waals surface area (Å²) in [6, 6.07) is 49.8. The number of nitriles is 2. The second kappa shape index (κ2) is 10.6. The number of nitrogens with zero attached hydrogens (tertiary/aromatic N) is 3. The molecule has 0 radical (unpaired) electrons. The van der Waals surface area contributed by atoms with E-state index in [2.05, 4.69) is 146 Å². The number of fused-ring (bicyclic) bond motifs is 9. The molecule has 3 heteroatoms. The minimum absolute atomic E-state index is 0.149. The SMILES string of the molecule is CC1(C)c2ccccc2N(c2cccc3c2CCc2cc(C#N)c(C#N)cc2-c2ccccc2-c2ccccc2-3)c2ccccc21. The Labute approximate surface area is 270 Å². The van der Waals surface area contributed by atoms with Crippen LogP contribution >= 0.6 is 0 Å². The molecule has 0 saturated heterocycles. The van der Waals surface area contributed by atoms with Crippen molar-refractivity contribution >= 4 is 17.1 Å². The van der Waals surface area contributed by atoms with Gasteiger partial charge in [0.1, 0.15) is 12.1 Å². The summed E-state index contributed by atoms with van der Waals surface area (Å²) in [5.41, 5.74) is 15.9. The average molecular weight is 590 g/mol. The molecule has 0 spiro atoms. The molecule has 2 aliphatic rings. The summed E-state index contributed by atoms with van der Waals surface area (Å²) in [5.74, 6) is 0. The summed E-state index contributed by atoms with van der Waals surface area (Å²) in [6.45, 7) is 4.64. The molecular formula is C43H31N3. The Morgan fingerprint density at radius 3 is 1.54 bits per heavy atom. The Morgan fingerprint density at radius 1 is 0.500 bits per heavy atom. The van der Waals surface area contributed by atoms with Crippen LogP contribution < -0.4 is 4.90 Å². The number of rotatable bonds is 1. The number of aryl methyl sites for hydroxylation is 1. The molecule has 0 atom stereocenters. The summed E-state index contributed by atoms with van der Waals surface area (Å²) in [6.07, 6.45) is 1.48. The molecule has 218 valence electrons. The average Bonchev–Trinajstić information content (AvgIpc) is 3.10. The minimum Gasteiger partial charge on any atom is -0.310 e. The van der Waals surface area contributed by atoms with Gasteiger partial charge in [0.2, 0.25) is 0 Å². The molecule has 1 aliphatic heterocycles. The van der Waals surface area contributed by atoms with Crippen LogP contribution in [0.1, 0.15) is 47.2 Å². The van der Waals surface area contributed by atoms with Gasteiger partial charge < -0.3 is 4.90 Å². The van der Waals surface area contributed by atoms with Gasteiger partial charge >= 0.3 is 0 Å². The van der Waals surface area contributed by atoms with Crippen LogP contribution in [-0.4, -0.2) is 0 Å². The van der Waals surface area contributed by atoms with Crippen molar-refractivity contribution in [1.29, 1.82) is 10.5 Å². The van der Waals surface area contributed by atoms with E-state index in [1.165, 1.54) is 39.2 Å². The van der Waals surface area contributed by atoms with Gasteiger partial charge in [-0.25, -0.2) is 0 Å². The maximum Gasteiger partial charge on any atom is 0.101 e. The molecule has 0 saturated carbocycles. The van der Waals surface area contributed by atoms with Gasteiger partial charge in [0.05, 0.1) is 22.5 Å². The van der Waals surface area contributed by atoms with E-state index in [1.54, 1.807) is 0 Å². The van der Waals surface area contributed by atoms with Crippen molar-refractivity contribution in [2.75, 3.05) is 4.90 Å². The van der Waals surface area contributed by atoms with Crippen molar-refractivity contribution in [3.05, 3.63) is 161 Å². The fraction of sp³-hybridized carbons (Fsp3) is 0.116. The Bertz CT molecular complexity index is 2230. The zero-order chi connectivity index (χ0) is 31.4. The lowest BCUT2D eigenvalue weighted by atomic mass is 9.73. The van der Waals surface area contributed by atoms with E-state index < -0.39 is 0 Å². The molecule has 0 bridgehead atoms. The predicted octanol–water partition coefficient (Wildman–Crippen LogP) is 10.6. The first-order chi connectivity index (χ1) is 22.5. The summed E-state index contributed by atoms with van der Waals surface area (Å²) < 4.78 is 0. The maximum absolute atomic E-state index is 10.00. The lowest BCUT2D eigenvalue weighted by Crippen LogP contribution is -2.31. The van der Waals surface area contributed by atoms with Crippen LogP contribution in [0.5, 0.6) is 0 Å². The summed E-state index contributed by atoms with van der Waals surface area (Å²) in [4.78, 5) is 2.46. The van der Waals surface area contributed by atoms with Crippen LogP contribution in [0.4, 0.5) is 17.1 Å². The van der Waals surface area contributed by atoms with Crippen molar-refractivity contribution in [1.82, 2.24) is 0 Å². The van der Waals surface area contributed by atoms with Gasteiger partial charge in [-0.05, 0) is 98.8 Å². The molecule has 6 aromatic carbocycles. The van der Waals surface area contributed by atoms with Crippen LogP contribution in [0.25, 0.3) is 33.4 Å². The van der Waals surface area contributed by atoms with E-state index in [4.69, 9.17) is 0 Å². The maximum atomic E-state index is 10.00. The van der Waals surface area contributed by atoms with Crippen LogP contribution in [0.15, 0.2) is 127 Å². The van der Waals surface area contributed by atoms with Crippen molar-refractivity contribution in [2.45, 2.75) is 32.1 Å². The number of hydrogen-bond donors (Lipinski definition) is 0. The predicted molar refractivity (Wildman–Crippen MR) is 186 cm³/mol.